The second kappa shape index (κ2) is 7.20. The molecule has 5 nitrogen and oxygen atoms in total. The van der Waals surface area contributed by atoms with Crippen molar-refractivity contribution in [2.45, 2.75) is 38.7 Å². The third-order valence-electron chi connectivity index (χ3n) is 4.42. The van der Waals surface area contributed by atoms with Gasteiger partial charge in [0.2, 0.25) is 0 Å². The lowest BCUT2D eigenvalue weighted by Gasteiger charge is -2.18. The van der Waals surface area contributed by atoms with Crippen molar-refractivity contribution in [3.63, 3.8) is 0 Å². The van der Waals surface area contributed by atoms with E-state index in [1.54, 1.807) is 32.2 Å². The Kier molecular flexibility index (Phi) is 5.00. The number of benzene rings is 1. The zero-order chi connectivity index (χ0) is 18.0. The second-order valence-electron chi connectivity index (χ2n) is 6.19. The van der Waals surface area contributed by atoms with Gasteiger partial charge in [-0.3, -0.25) is 4.79 Å². The molecule has 1 heterocycles. The number of hydrogen-bond acceptors (Lipinski definition) is 4. The van der Waals surface area contributed by atoms with E-state index in [-0.39, 0.29) is 11.7 Å². The predicted octanol–water partition coefficient (Wildman–Crippen LogP) is 4.21. The number of rotatable bonds is 4. The largest absolute Gasteiger partial charge is 0.493 e. The Hall–Kier alpha value is -2.45. The Morgan fingerprint density at radius 1 is 1.20 bits per heavy atom. The van der Waals surface area contributed by atoms with Gasteiger partial charge < -0.3 is 14.5 Å². The van der Waals surface area contributed by atoms with Crippen LogP contribution in [0.3, 0.4) is 0 Å². The molecule has 0 aliphatic heterocycles. The minimum Gasteiger partial charge on any atom is -0.493 e. The molecule has 1 fully saturated rings. The van der Waals surface area contributed by atoms with Crippen LogP contribution in [0.2, 0.25) is 5.02 Å². The number of H-pyrrole nitrogens is 1. The van der Waals surface area contributed by atoms with Gasteiger partial charge in [-0.15, -0.1) is 0 Å². The molecule has 25 heavy (non-hydrogen) atoms. The molecule has 0 radical (unpaired) electrons. The number of aromatic nitrogens is 1. The fourth-order valence-electron chi connectivity index (χ4n) is 3.19. The van der Waals surface area contributed by atoms with Crippen molar-refractivity contribution in [1.29, 1.82) is 5.26 Å². The summed E-state index contributed by atoms with van der Waals surface area (Å²) in [5.41, 5.74) is 1.31. The summed E-state index contributed by atoms with van der Waals surface area (Å²) in [5.74, 6) is 1.12. The van der Waals surface area contributed by atoms with Crippen LogP contribution in [0.15, 0.2) is 23.0 Å². The highest BCUT2D eigenvalue weighted by atomic mass is 35.5. The maximum absolute atomic E-state index is 12.1. The van der Waals surface area contributed by atoms with E-state index >= 15 is 0 Å². The van der Waals surface area contributed by atoms with Crippen molar-refractivity contribution in [2.75, 3.05) is 7.11 Å². The van der Waals surface area contributed by atoms with E-state index in [1.807, 2.05) is 6.07 Å². The fraction of sp³-hybridized carbons (Fsp3) is 0.368. The molecule has 130 valence electrons. The minimum atomic E-state index is -0.432. The number of pyridine rings is 1. The van der Waals surface area contributed by atoms with Crippen LogP contribution in [0.25, 0.3) is 11.1 Å². The molecule has 0 saturated heterocycles. The zero-order valence-corrected chi connectivity index (χ0v) is 14.9. The molecule has 1 aromatic carbocycles. The van der Waals surface area contributed by atoms with E-state index in [2.05, 4.69) is 4.98 Å². The number of ether oxygens (including phenoxy) is 2. The molecule has 3 rings (SSSR count). The lowest BCUT2D eigenvalue weighted by atomic mass is 10.0. The number of aryl methyl sites for hydroxylation is 1. The first-order chi connectivity index (χ1) is 12.0. The van der Waals surface area contributed by atoms with Crippen molar-refractivity contribution in [2.24, 2.45) is 0 Å². The van der Waals surface area contributed by atoms with E-state index in [4.69, 9.17) is 21.1 Å². The third-order valence-corrected chi connectivity index (χ3v) is 4.73. The Morgan fingerprint density at radius 2 is 1.92 bits per heavy atom. The molecule has 6 heteroatoms. The lowest BCUT2D eigenvalue weighted by molar-refractivity contribution is 0.201. The van der Waals surface area contributed by atoms with Crippen molar-refractivity contribution in [3.8, 4) is 28.7 Å². The Morgan fingerprint density at radius 3 is 2.56 bits per heavy atom. The highest BCUT2D eigenvalue weighted by Gasteiger charge is 2.21. The van der Waals surface area contributed by atoms with Gasteiger partial charge in [0.25, 0.3) is 5.56 Å². The second-order valence-corrected chi connectivity index (χ2v) is 6.60. The van der Waals surface area contributed by atoms with Gasteiger partial charge in [0.15, 0.2) is 11.5 Å². The quantitative estimate of drug-likeness (QED) is 0.888. The van der Waals surface area contributed by atoms with Gasteiger partial charge in [0, 0.05) is 22.9 Å². The van der Waals surface area contributed by atoms with E-state index in [0.29, 0.717) is 33.3 Å². The first-order valence-electron chi connectivity index (χ1n) is 8.22. The summed E-state index contributed by atoms with van der Waals surface area (Å²) in [6.45, 7) is 1.76. The fourth-order valence-corrected chi connectivity index (χ4v) is 3.45. The Bertz CT molecular complexity index is 893. The monoisotopic (exact) mass is 358 g/mol. The molecule has 0 spiro atoms. The normalized spacial score (nSPS) is 14.3. The number of nitriles is 1. The number of hydrogen-bond donors (Lipinski definition) is 1. The summed E-state index contributed by atoms with van der Waals surface area (Å²) < 4.78 is 11.5. The van der Waals surface area contributed by atoms with Crippen molar-refractivity contribution in [1.82, 2.24) is 4.98 Å². The van der Waals surface area contributed by atoms with Gasteiger partial charge in [-0.05, 0) is 44.7 Å². The van der Waals surface area contributed by atoms with Gasteiger partial charge in [-0.2, -0.15) is 5.26 Å². The van der Waals surface area contributed by atoms with Gasteiger partial charge in [0.1, 0.15) is 11.6 Å². The van der Waals surface area contributed by atoms with Crippen LogP contribution in [0.1, 0.15) is 36.9 Å². The van der Waals surface area contributed by atoms with Crippen LogP contribution in [-0.2, 0) is 0 Å². The van der Waals surface area contributed by atoms with E-state index < -0.39 is 5.56 Å². The lowest BCUT2D eigenvalue weighted by Crippen LogP contribution is -2.13. The molecule has 1 N–H and O–H groups in total. The highest BCUT2D eigenvalue weighted by molar-refractivity contribution is 6.33. The number of nitrogens with zero attached hydrogens (tertiary/aromatic N) is 1. The maximum atomic E-state index is 12.1. The Balaban J connectivity index is 2.09. The third kappa shape index (κ3) is 3.49. The smallest absolute Gasteiger partial charge is 0.266 e. The summed E-state index contributed by atoms with van der Waals surface area (Å²) in [6, 6.07) is 7.11. The van der Waals surface area contributed by atoms with Crippen LogP contribution in [-0.4, -0.2) is 18.2 Å². The van der Waals surface area contributed by atoms with E-state index in [1.165, 1.54) is 0 Å². The number of nitrogens with one attached hydrogen (secondary N) is 1. The first kappa shape index (κ1) is 17.4. The van der Waals surface area contributed by atoms with Crippen LogP contribution in [0, 0.1) is 18.3 Å². The first-order valence-corrected chi connectivity index (χ1v) is 8.60. The molecule has 1 saturated carbocycles. The van der Waals surface area contributed by atoms with E-state index in [9.17, 15) is 10.1 Å². The molecule has 0 bridgehead atoms. The van der Waals surface area contributed by atoms with Gasteiger partial charge in [0.05, 0.1) is 18.2 Å². The SMILES string of the molecule is COc1cc(-c2cc(C)[nH]c(=O)c2C#N)c(Cl)cc1OC1CCCC1. The topological polar surface area (TPSA) is 75.1 Å². The average molecular weight is 359 g/mol. The van der Waals surface area contributed by atoms with Crippen LogP contribution in [0.5, 0.6) is 11.5 Å². The number of halogens is 1. The number of methoxy groups -OCH3 is 1. The zero-order valence-electron chi connectivity index (χ0n) is 14.2. The molecule has 1 aliphatic carbocycles. The molecular formula is C19H19ClN2O3. The Labute approximate surface area is 151 Å². The highest BCUT2D eigenvalue weighted by Crippen LogP contribution is 2.40. The summed E-state index contributed by atoms with van der Waals surface area (Å²) in [6.07, 6.45) is 4.54. The summed E-state index contributed by atoms with van der Waals surface area (Å²) in [5, 5.41) is 9.76. The summed E-state index contributed by atoms with van der Waals surface area (Å²) in [7, 11) is 1.56. The molecule has 2 aromatic rings. The van der Waals surface area contributed by atoms with Gasteiger partial charge in [-0.25, -0.2) is 0 Å². The van der Waals surface area contributed by atoms with Gasteiger partial charge in [-0.1, -0.05) is 11.6 Å². The van der Waals surface area contributed by atoms with E-state index in [0.717, 1.165) is 25.7 Å². The molecule has 0 amide bonds. The molecule has 1 aliphatic rings. The van der Waals surface area contributed by atoms with Crippen LogP contribution in [0.4, 0.5) is 0 Å². The van der Waals surface area contributed by atoms with Crippen molar-refractivity contribution in [3.05, 3.63) is 44.8 Å². The number of aromatic amines is 1. The van der Waals surface area contributed by atoms with Gasteiger partial charge >= 0.3 is 0 Å². The minimum absolute atomic E-state index is 0.0269. The van der Waals surface area contributed by atoms with Crippen LogP contribution < -0.4 is 15.0 Å². The van der Waals surface area contributed by atoms with Crippen molar-refractivity contribution >= 4 is 11.6 Å². The predicted molar refractivity (Wildman–Crippen MR) is 96.4 cm³/mol. The molecule has 1 aromatic heterocycles. The molecular weight excluding hydrogens is 340 g/mol. The standard InChI is InChI=1S/C19H19ClN2O3/c1-11-7-13(15(10-21)19(23)22-11)14-8-17(24-2)18(9-16(14)20)25-12-5-3-4-6-12/h7-9,12H,3-6H2,1-2H3,(H,22,23). The average Bonchev–Trinajstić information content (AvgIpc) is 3.07. The van der Waals surface area contributed by atoms with Crippen molar-refractivity contribution < 1.29 is 9.47 Å². The summed E-state index contributed by atoms with van der Waals surface area (Å²) in [4.78, 5) is 14.7. The maximum Gasteiger partial charge on any atom is 0.266 e. The molecule has 0 atom stereocenters. The van der Waals surface area contributed by atoms with Crippen LogP contribution >= 0.6 is 11.6 Å². The summed E-state index contributed by atoms with van der Waals surface area (Å²) >= 11 is 6.45. The molecule has 0 unspecified atom stereocenters.